The molecule has 202 valence electrons. The molecule has 1 fully saturated rings. The van der Waals surface area contributed by atoms with Gasteiger partial charge in [-0.1, -0.05) is 6.07 Å². The third-order valence-electron chi connectivity index (χ3n) is 6.21. The lowest BCUT2D eigenvalue weighted by Gasteiger charge is -2.22. The van der Waals surface area contributed by atoms with Gasteiger partial charge in [0.25, 0.3) is 5.91 Å². The lowest BCUT2D eigenvalue weighted by molar-refractivity contribution is 0.0237. The molecule has 1 N–H and O–H groups in total. The van der Waals surface area contributed by atoms with Gasteiger partial charge in [0, 0.05) is 47.8 Å². The third-order valence-corrected chi connectivity index (χ3v) is 7.59. The Hall–Kier alpha value is -4.03. The largest absolute Gasteiger partial charge is 0.474 e. The van der Waals surface area contributed by atoms with E-state index in [0.717, 1.165) is 35.9 Å². The first-order chi connectivity index (χ1) is 18.8. The van der Waals surface area contributed by atoms with Crippen LogP contribution in [0.25, 0.3) is 22.2 Å². The van der Waals surface area contributed by atoms with Crippen LogP contribution in [-0.4, -0.2) is 54.4 Å². The van der Waals surface area contributed by atoms with Crippen LogP contribution in [0.1, 0.15) is 28.9 Å². The second kappa shape index (κ2) is 11.4. The fourth-order valence-corrected chi connectivity index (χ4v) is 4.84. The molecule has 5 rings (SSSR count). The van der Waals surface area contributed by atoms with E-state index in [4.69, 9.17) is 14.5 Å². The molecule has 1 saturated heterocycles. The average molecular weight is 555 g/mol. The van der Waals surface area contributed by atoms with Gasteiger partial charge in [-0.05, 0) is 42.5 Å². The van der Waals surface area contributed by atoms with Crippen molar-refractivity contribution >= 4 is 26.6 Å². The summed E-state index contributed by atoms with van der Waals surface area (Å²) in [7, 11) is -4.81. The van der Waals surface area contributed by atoms with E-state index in [-0.39, 0.29) is 18.2 Å². The minimum absolute atomic E-state index is 0.0201. The Balaban J connectivity index is 1.27. The van der Waals surface area contributed by atoms with Crippen LogP contribution in [-0.2, 0) is 21.1 Å². The van der Waals surface area contributed by atoms with Crippen molar-refractivity contribution in [2.24, 2.45) is 0 Å². The number of alkyl halides is 2. The number of rotatable bonds is 8. The maximum Gasteiger partial charge on any atom is 0.341 e. The van der Waals surface area contributed by atoms with E-state index in [0.29, 0.717) is 36.0 Å². The number of halogens is 2. The molecule has 0 atom stereocenters. The summed E-state index contributed by atoms with van der Waals surface area (Å²) in [6, 6.07) is 13.7. The van der Waals surface area contributed by atoms with Crippen molar-refractivity contribution in [1.29, 1.82) is 0 Å². The van der Waals surface area contributed by atoms with Crippen molar-refractivity contribution < 1.29 is 31.5 Å². The number of amides is 1. The first-order valence-corrected chi connectivity index (χ1v) is 13.7. The van der Waals surface area contributed by atoms with Gasteiger partial charge in [-0.25, -0.2) is 18.4 Å². The minimum Gasteiger partial charge on any atom is -0.474 e. The van der Waals surface area contributed by atoms with Crippen LogP contribution in [0.4, 0.5) is 8.78 Å². The van der Waals surface area contributed by atoms with Crippen molar-refractivity contribution in [1.82, 2.24) is 20.3 Å². The average Bonchev–Trinajstić information content (AvgIpc) is 2.96. The zero-order valence-corrected chi connectivity index (χ0v) is 21.4. The molecular formula is C27H24F2N4O5S. The number of fused-ring (bicyclic) bond motifs is 1. The molecule has 39 heavy (non-hydrogen) atoms. The number of ether oxygens (including phenoxy) is 2. The second-order valence-corrected chi connectivity index (χ2v) is 10.8. The number of hydrogen-bond donors (Lipinski definition) is 1. The summed E-state index contributed by atoms with van der Waals surface area (Å²) >= 11 is 0. The summed E-state index contributed by atoms with van der Waals surface area (Å²) in [5, 5.41) is 3.43. The summed E-state index contributed by atoms with van der Waals surface area (Å²) in [6.45, 7) is 1.39. The Bertz CT molecular complexity index is 1590. The standard InChI is InChI=1S/C27H24F2N4O5S/c28-27(29)39(35,36)22-3-1-2-17(12-22)26(34)32-16-20-13-24-19(14-30-20)4-6-23(33-24)18-5-7-25(31-15-18)38-21-8-10-37-11-9-21/h1-7,12-15,21,27H,8-11,16H2,(H,32,34). The number of nitrogens with one attached hydrogen (secondary N) is 1. The summed E-state index contributed by atoms with van der Waals surface area (Å²) in [6.07, 6.45) is 5.09. The van der Waals surface area contributed by atoms with Crippen molar-refractivity contribution in [3.63, 3.8) is 0 Å². The Morgan fingerprint density at radius 1 is 1.05 bits per heavy atom. The Labute approximate surface area is 223 Å². The first kappa shape index (κ1) is 26.6. The molecule has 1 aromatic carbocycles. The predicted octanol–water partition coefficient (Wildman–Crippen LogP) is 4.18. The zero-order valence-electron chi connectivity index (χ0n) is 20.6. The summed E-state index contributed by atoms with van der Waals surface area (Å²) < 4.78 is 60.4. The highest BCUT2D eigenvalue weighted by atomic mass is 32.2. The van der Waals surface area contributed by atoms with Crippen LogP contribution < -0.4 is 10.1 Å². The molecule has 0 saturated carbocycles. The fraction of sp³-hybridized carbons (Fsp3) is 0.259. The number of carbonyl (C=O) groups excluding carboxylic acids is 1. The van der Waals surface area contributed by atoms with E-state index in [1.807, 2.05) is 24.3 Å². The van der Waals surface area contributed by atoms with Crippen molar-refractivity contribution in [2.45, 2.75) is 36.1 Å². The lowest BCUT2D eigenvalue weighted by atomic mass is 10.1. The lowest BCUT2D eigenvalue weighted by Crippen LogP contribution is -2.26. The number of carbonyl (C=O) groups is 1. The van der Waals surface area contributed by atoms with Gasteiger partial charge >= 0.3 is 5.76 Å². The van der Waals surface area contributed by atoms with Crippen molar-refractivity contribution in [3.8, 4) is 17.1 Å². The van der Waals surface area contributed by atoms with E-state index >= 15 is 0 Å². The molecule has 3 aromatic heterocycles. The number of nitrogens with zero attached hydrogens (tertiary/aromatic N) is 3. The fourth-order valence-electron chi connectivity index (χ4n) is 4.07. The predicted molar refractivity (Wildman–Crippen MR) is 138 cm³/mol. The first-order valence-electron chi connectivity index (χ1n) is 12.2. The Kier molecular flexibility index (Phi) is 7.75. The number of hydrogen-bond acceptors (Lipinski definition) is 8. The smallest absolute Gasteiger partial charge is 0.341 e. The highest BCUT2D eigenvalue weighted by molar-refractivity contribution is 7.91. The molecule has 1 aliphatic rings. The topological polar surface area (TPSA) is 120 Å². The number of pyridine rings is 3. The third kappa shape index (κ3) is 6.18. The van der Waals surface area contributed by atoms with E-state index < -0.39 is 26.4 Å². The molecular weight excluding hydrogens is 530 g/mol. The monoisotopic (exact) mass is 554 g/mol. The van der Waals surface area contributed by atoms with Crippen LogP contribution in [0.5, 0.6) is 5.88 Å². The molecule has 4 aromatic rings. The van der Waals surface area contributed by atoms with Crippen LogP contribution in [0.2, 0.25) is 0 Å². The maximum atomic E-state index is 12.9. The molecule has 0 radical (unpaired) electrons. The molecule has 1 aliphatic heterocycles. The van der Waals surface area contributed by atoms with E-state index in [2.05, 4.69) is 15.3 Å². The summed E-state index contributed by atoms with van der Waals surface area (Å²) in [4.78, 5) is 25.4. The van der Waals surface area contributed by atoms with Gasteiger partial charge in [-0.15, -0.1) is 0 Å². The molecule has 4 heterocycles. The molecule has 9 nitrogen and oxygen atoms in total. The van der Waals surface area contributed by atoms with Crippen molar-refractivity contribution in [3.05, 3.63) is 78.2 Å². The van der Waals surface area contributed by atoms with Crippen LogP contribution >= 0.6 is 0 Å². The van der Waals surface area contributed by atoms with Gasteiger partial charge in [0.2, 0.25) is 15.7 Å². The Morgan fingerprint density at radius 3 is 2.62 bits per heavy atom. The molecule has 12 heteroatoms. The van der Waals surface area contributed by atoms with E-state index in [1.54, 1.807) is 18.5 Å². The summed E-state index contributed by atoms with van der Waals surface area (Å²) in [5.74, 6) is -3.65. The van der Waals surface area contributed by atoms with Gasteiger partial charge in [0.15, 0.2) is 0 Å². The van der Waals surface area contributed by atoms with Gasteiger partial charge in [0.05, 0.1) is 41.6 Å². The molecule has 0 unspecified atom stereocenters. The van der Waals surface area contributed by atoms with Gasteiger partial charge < -0.3 is 14.8 Å². The SMILES string of the molecule is O=C(NCc1cc2nc(-c3ccc(OC4CCOCC4)nc3)ccc2cn1)c1cccc(S(=O)(=O)C(F)F)c1. The van der Waals surface area contributed by atoms with Crippen molar-refractivity contribution in [2.75, 3.05) is 13.2 Å². The molecule has 0 bridgehead atoms. The number of sulfone groups is 1. The quantitative estimate of drug-likeness (QED) is 0.345. The van der Waals surface area contributed by atoms with Gasteiger partial charge in [0.1, 0.15) is 6.10 Å². The van der Waals surface area contributed by atoms with Gasteiger partial charge in [-0.2, -0.15) is 8.78 Å². The molecule has 0 spiro atoms. The summed E-state index contributed by atoms with van der Waals surface area (Å²) in [5.41, 5.74) is 2.61. The highest BCUT2D eigenvalue weighted by Gasteiger charge is 2.27. The van der Waals surface area contributed by atoms with E-state index in [1.165, 1.54) is 12.1 Å². The number of benzene rings is 1. The Morgan fingerprint density at radius 2 is 1.87 bits per heavy atom. The molecule has 1 amide bonds. The normalized spacial score (nSPS) is 14.4. The zero-order chi connectivity index (χ0) is 27.4. The van der Waals surface area contributed by atoms with Gasteiger partial charge in [-0.3, -0.25) is 9.78 Å². The van der Waals surface area contributed by atoms with E-state index in [9.17, 15) is 22.0 Å². The minimum atomic E-state index is -4.81. The van der Waals surface area contributed by atoms with Crippen LogP contribution in [0, 0.1) is 0 Å². The molecule has 0 aliphatic carbocycles. The van der Waals surface area contributed by atoms with Crippen LogP contribution in [0.15, 0.2) is 71.9 Å². The number of aromatic nitrogens is 3. The van der Waals surface area contributed by atoms with Crippen LogP contribution in [0.3, 0.4) is 0 Å². The highest BCUT2D eigenvalue weighted by Crippen LogP contribution is 2.24. The maximum absolute atomic E-state index is 12.9. The second-order valence-electron chi connectivity index (χ2n) is 8.90.